The van der Waals surface area contributed by atoms with Gasteiger partial charge in [-0.1, -0.05) is 286 Å². The number of hydrogen-bond donors (Lipinski definition) is 0. The third kappa shape index (κ3) is 9.06. The third-order valence-corrected chi connectivity index (χ3v) is 28.7. The van der Waals surface area contributed by atoms with Crippen molar-refractivity contribution in [3.05, 3.63) is 349 Å². The van der Waals surface area contributed by atoms with E-state index < -0.39 is 0 Å². The number of fused-ring (bicyclic) bond motifs is 19. The van der Waals surface area contributed by atoms with E-state index in [9.17, 15) is 0 Å². The predicted octanol–water partition coefficient (Wildman–Crippen LogP) is 26.1. The molecule has 7 heterocycles. The average molecular weight is 1460 g/mol. The molecule has 0 saturated carbocycles. The molecule has 24 rings (SSSR count). The monoisotopic (exact) mass is 1460 g/mol. The standard InChI is InChI=1S/C106H80B2N4S/c1-103(2)51-52-104(3,4)85-62-92-79(61-84(85)103)81-55-72(64-27-13-10-14-28-64)59-95-99(81)107(87-39-23-37-82-100(87)110(95)93-58-70-31-16-15-30-69(70)56-86(93)105(82,5)6)111(92)74-33-21-32-68(53-74)65-43-45-66(46-44-65)73-54-80-76-49-47-71(63-25-11-9-12-26-63)57-91(76)112(90-41-22-36-78-77-35-19-20-42-96(77)113-102(78)90)108-88-40-24-38-83-101(88)109(94(60-73)98(80)108)89-50-48-67-29-17-18-34-75(67)97(89)106(83,7)8/h9-50,53-62H,51-52H2,1-8H3. The van der Waals surface area contributed by atoms with Crippen molar-refractivity contribution < 1.29 is 0 Å². The van der Waals surface area contributed by atoms with Gasteiger partial charge in [0.05, 0.1) is 16.1 Å². The lowest BCUT2D eigenvalue weighted by Gasteiger charge is -2.51. The van der Waals surface area contributed by atoms with Crippen LogP contribution in [0.15, 0.2) is 315 Å². The molecule has 0 spiro atoms. The minimum Gasteiger partial charge on any atom is -0.376 e. The molecule has 0 saturated heterocycles. The fraction of sp³-hybridized carbons (Fsp3) is 0.132. The van der Waals surface area contributed by atoms with E-state index in [1.807, 2.05) is 11.3 Å². The van der Waals surface area contributed by atoms with Crippen LogP contribution in [0.25, 0.3) is 108 Å². The Kier molecular flexibility index (Phi) is 13.4. The third-order valence-electron chi connectivity index (χ3n) is 27.5. The van der Waals surface area contributed by atoms with Gasteiger partial charge in [0.15, 0.2) is 0 Å². The Morgan fingerprint density at radius 2 is 0.788 bits per heavy atom. The minimum absolute atomic E-state index is 0.0159. The number of hydrogen-bond acceptors (Lipinski definition) is 5. The fourth-order valence-corrected chi connectivity index (χ4v) is 23.0. The fourth-order valence-electron chi connectivity index (χ4n) is 21.8. The Labute approximate surface area is 665 Å². The quantitative estimate of drug-likeness (QED) is 0.154. The number of nitrogens with zero attached hydrogens (tertiary/aromatic N) is 4. The SMILES string of the molecule is CC1(C)CCC(C)(C)c2cc3c(cc21)-c1cc(-c2ccccc2)cc2c1B(c1cccc4c1N2c1cc2ccccc2cc1C4(C)C)N3c1cccc(-c2ccc(-c3cc4c5c(c3)N3c6ccc7ccccc7c6C(C)(C)c6cccc(c63)B5N(c3cccc5c3sc3ccccc35)c3cc(-c5ccccc5)ccc3-4)cc2)c1. The maximum Gasteiger partial charge on any atom is 0.333 e. The van der Waals surface area contributed by atoms with Crippen molar-refractivity contribution in [1.29, 1.82) is 0 Å². The molecular weight excluding hydrogens is 1380 g/mol. The lowest BCUT2D eigenvalue weighted by molar-refractivity contribution is 0.332. The highest BCUT2D eigenvalue weighted by Crippen LogP contribution is 2.61. The van der Waals surface area contributed by atoms with Gasteiger partial charge < -0.3 is 19.4 Å². The minimum atomic E-state index is -0.337. The summed E-state index contributed by atoms with van der Waals surface area (Å²) in [6.07, 6.45) is 2.26. The molecule has 0 fully saturated rings. The molecule has 0 unspecified atom stereocenters. The first-order valence-corrected chi connectivity index (χ1v) is 41.3. The summed E-state index contributed by atoms with van der Waals surface area (Å²) in [5, 5.41) is 7.67. The summed E-state index contributed by atoms with van der Waals surface area (Å²) in [6.45, 7) is 19.5. The molecule has 0 radical (unpaired) electrons. The van der Waals surface area contributed by atoms with Crippen molar-refractivity contribution >= 4 is 145 Å². The highest BCUT2D eigenvalue weighted by molar-refractivity contribution is 7.26. The van der Waals surface area contributed by atoms with Crippen molar-refractivity contribution in [2.45, 2.75) is 89.9 Å². The molecule has 113 heavy (non-hydrogen) atoms. The van der Waals surface area contributed by atoms with E-state index in [4.69, 9.17) is 0 Å². The Bertz CT molecular complexity index is 7050. The van der Waals surface area contributed by atoms with E-state index in [0.29, 0.717) is 0 Å². The van der Waals surface area contributed by atoms with Crippen LogP contribution < -0.4 is 41.3 Å². The maximum absolute atomic E-state index is 2.78. The Morgan fingerprint density at radius 3 is 1.49 bits per heavy atom. The van der Waals surface area contributed by atoms with E-state index in [0.717, 1.165) is 12.8 Å². The van der Waals surface area contributed by atoms with Gasteiger partial charge in [-0.3, -0.25) is 0 Å². The van der Waals surface area contributed by atoms with Gasteiger partial charge in [0.1, 0.15) is 0 Å². The van der Waals surface area contributed by atoms with E-state index in [-0.39, 0.29) is 35.4 Å². The number of thiophene rings is 1. The van der Waals surface area contributed by atoms with Crippen LogP contribution in [0.3, 0.4) is 0 Å². The summed E-state index contributed by atoms with van der Waals surface area (Å²) in [5.41, 5.74) is 40.1. The average Bonchev–Trinajstić information content (AvgIpc) is 1.02. The maximum atomic E-state index is 2.78. The first-order chi connectivity index (χ1) is 55.0. The van der Waals surface area contributed by atoms with Gasteiger partial charge in [0, 0.05) is 82.9 Å². The second-order valence-corrected chi connectivity index (χ2v) is 36.3. The zero-order chi connectivity index (χ0) is 75.4. The van der Waals surface area contributed by atoms with Crippen LogP contribution in [0.5, 0.6) is 0 Å². The molecule has 0 atom stereocenters. The van der Waals surface area contributed by atoms with Crippen LogP contribution in [0.2, 0.25) is 0 Å². The van der Waals surface area contributed by atoms with Gasteiger partial charge in [-0.15, -0.1) is 11.3 Å². The van der Waals surface area contributed by atoms with Crippen LogP contribution in [0.4, 0.5) is 56.9 Å². The molecule has 7 heteroatoms. The molecule has 536 valence electrons. The summed E-state index contributed by atoms with van der Waals surface area (Å²) in [7, 11) is 0. The van der Waals surface area contributed by atoms with E-state index in [1.54, 1.807) is 0 Å². The van der Waals surface area contributed by atoms with Crippen LogP contribution in [0.1, 0.15) is 102 Å². The molecule has 6 aliphatic heterocycles. The Hall–Kier alpha value is -12.4. The lowest BCUT2D eigenvalue weighted by atomic mass is 9.42. The number of benzene rings is 16. The second kappa shape index (κ2) is 23.1. The van der Waals surface area contributed by atoms with Gasteiger partial charge in [-0.05, 0) is 241 Å². The van der Waals surface area contributed by atoms with Crippen molar-refractivity contribution in [2.24, 2.45) is 0 Å². The Balaban J connectivity index is 0.707. The lowest BCUT2D eigenvalue weighted by Crippen LogP contribution is -2.62. The molecule has 0 amide bonds. The summed E-state index contributed by atoms with van der Waals surface area (Å²) in [6, 6.07) is 122. The highest BCUT2D eigenvalue weighted by atomic mass is 32.1. The molecule has 0 bridgehead atoms. The van der Waals surface area contributed by atoms with E-state index in [1.165, 1.54) is 221 Å². The number of rotatable bonds is 6. The van der Waals surface area contributed by atoms with Crippen molar-refractivity contribution in [3.63, 3.8) is 0 Å². The smallest absolute Gasteiger partial charge is 0.333 e. The number of anilines is 10. The highest BCUT2D eigenvalue weighted by Gasteiger charge is 2.53. The summed E-state index contributed by atoms with van der Waals surface area (Å²) in [4.78, 5) is 10.9. The van der Waals surface area contributed by atoms with Crippen LogP contribution in [-0.4, -0.2) is 13.7 Å². The predicted molar refractivity (Wildman–Crippen MR) is 483 cm³/mol. The van der Waals surface area contributed by atoms with E-state index in [2.05, 4.69) is 390 Å². The zero-order valence-corrected chi connectivity index (χ0v) is 65.6. The largest absolute Gasteiger partial charge is 0.376 e. The summed E-state index contributed by atoms with van der Waals surface area (Å²) >= 11 is 1.92. The van der Waals surface area contributed by atoms with Gasteiger partial charge in [0.2, 0.25) is 0 Å². The summed E-state index contributed by atoms with van der Waals surface area (Å²) in [5.74, 6) is 0. The van der Waals surface area contributed by atoms with Gasteiger partial charge >= 0.3 is 13.7 Å². The topological polar surface area (TPSA) is 13.0 Å². The molecule has 16 aromatic carbocycles. The van der Waals surface area contributed by atoms with Crippen molar-refractivity contribution in [3.8, 4) is 66.8 Å². The molecular formula is C106H80B2N4S. The molecule has 1 aromatic heterocycles. The van der Waals surface area contributed by atoms with E-state index >= 15 is 0 Å². The van der Waals surface area contributed by atoms with Crippen LogP contribution in [-0.2, 0) is 21.7 Å². The molecule has 0 N–H and O–H groups in total. The molecule has 17 aromatic rings. The Morgan fingerprint density at radius 1 is 0.283 bits per heavy atom. The number of para-hydroxylation sites is 2. The second-order valence-electron chi connectivity index (χ2n) is 35.3. The van der Waals surface area contributed by atoms with Gasteiger partial charge in [-0.2, -0.15) is 0 Å². The first-order valence-electron chi connectivity index (χ1n) is 40.5. The van der Waals surface area contributed by atoms with Gasteiger partial charge in [0.25, 0.3) is 0 Å². The van der Waals surface area contributed by atoms with Crippen molar-refractivity contribution in [2.75, 3.05) is 19.4 Å². The molecule has 1 aliphatic carbocycles. The van der Waals surface area contributed by atoms with Crippen LogP contribution in [0, 0.1) is 0 Å². The summed E-state index contributed by atoms with van der Waals surface area (Å²) < 4.78 is 2.60. The normalized spacial score (nSPS) is 16.1. The van der Waals surface area contributed by atoms with Gasteiger partial charge in [-0.25, -0.2) is 0 Å². The van der Waals surface area contributed by atoms with Crippen LogP contribution >= 0.6 is 11.3 Å². The molecule has 7 aliphatic rings. The zero-order valence-electron chi connectivity index (χ0n) is 64.8. The van der Waals surface area contributed by atoms with Crippen molar-refractivity contribution in [1.82, 2.24) is 0 Å². The molecule has 4 nitrogen and oxygen atoms in total. The first kappa shape index (κ1) is 65.3.